The molecule has 0 aliphatic heterocycles. The zero-order valence-electron chi connectivity index (χ0n) is 12.4. The molecule has 0 spiro atoms. The van der Waals surface area contributed by atoms with Gasteiger partial charge in [0.1, 0.15) is 0 Å². The Morgan fingerprint density at radius 3 is 1.47 bits per heavy atom. The van der Waals surface area contributed by atoms with Gasteiger partial charge in [-0.3, -0.25) is 10.2 Å². The smallest absolute Gasteiger partial charge is 0.0632 e. The third kappa shape index (κ3) is 2.43. The molecule has 2 rings (SSSR count). The molecule has 0 amide bonds. The Kier molecular flexibility index (Phi) is 3.51. The molecule has 4 nitrogen and oxygen atoms in total. The van der Waals surface area contributed by atoms with E-state index in [0.29, 0.717) is 0 Å². The molecule has 0 unspecified atom stereocenters. The number of hydrogen-bond donors (Lipinski definition) is 3. The molecule has 2 aromatic heterocycles. The van der Waals surface area contributed by atoms with Crippen LogP contribution in [0.25, 0.3) is 0 Å². The van der Waals surface area contributed by atoms with Crippen molar-refractivity contribution in [3.63, 3.8) is 0 Å². The van der Waals surface area contributed by atoms with Crippen molar-refractivity contribution >= 4 is 12.6 Å². The van der Waals surface area contributed by atoms with Crippen molar-refractivity contribution in [2.75, 3.05) is 0 Å². The minimum Gasteiger partial charge on any atom is -0.282 e. The Balaban J connectivity index is 2.69. The van der Waals surface area contributed by atoms with Crippen molar-refractivity contribution in [3.8, 4) is 0 Å². The van der Waals surface area contributed by atoms with Crippen molar-refractivity contribution < 1.29 is 0 Å². The van der Waals surface area contributed by atoms with Gasteiger partial charge in [-0.1, -0.05) is 13.8 Å². The van der Waals surface area contributed by atoms with Gasteiger partial charge in [-0.2, -0.15) is 22.8 Å². The average Bonchev–Trinajstić information content (AvgIpc) is 2.77. The molecule has 0 fully saturated rings. The number of nitrogens with one attached hydrogen (secondary N) is 2. The Morgan fingerprint density at radius 2 is 1.26 bits per heavy atom. The van der Waals surface area contributed by atoms with Gasteiger partial charge in [0.05, 0.1) is 11.4 Å². The monoisotopic (exact) mass is 278 g/mol. The molecular formula is C14H22N4S. The maximum absolute atomic E-state index is 4.83. The lowest BCUT2D eigenvalue weighted by molar-refractivity contribution is 0.612. The van der Waals surface area contributed by atoms with E-state index in [1.807, 2.05) is 13.8 Å². The molecule has 0 radical (unpaired) electrons. The van der Waals surface area contributed by atoms with Crippen LogP contribution in [0.1, 0.15) is 53.7 Å². The number of aromatic nitrogens is 4. The first-order valence-electron chi connectivity index (χ1n) is 6.48. The predicted molar refractivity (Wildman–Crippen MR) is 81.0 cm³/mol. The molecular weight excluding hydrogens is 256 g/mol. The largest absolute Gasteiger partial charge is 0.282 e. The van der Waals surface area contributed by atoms with Crippen molar-refractivity contribution in [1.29, 1.82) is 0 Å². The van der Waals surface area contributed by atoms with Crippen molar-refractivity contribution in [2.24, 2.45) is 0 Å². The van der Waals surface area contributed by atoms with Crippen LogP contribution in [-0.2, 0) is 0 Å². The summed E-state index contributed by atoms with van der Waals surface area (Å²) in [5.41, 5.74) is 6.73. The van der Waals surface area contributed by atoms with Gasteiger partial charge < -0.3 is 0 Å². The van der Waals surface area contributed by atoms with Crippen LogP contribution in [0.5, 0.6) is 0 Å². The van der Waals surface area contributed by atoms with Gasteiger partial charge in [0.2, 0.25) is 0 Å². The summed E-state index contributed by atoms with van der Waals surface area (Å²) in [7, 11) is 0. The third-order valence-electron chi connectivity index (χ3n) is 3.65. The van der Waals surface area contributed by atoms with E-state index in [1.165, 1.54) is 11.1 Å². The Morgan fingerprint density at radius 1 is 0.895 bits per heavy atom. The van der Waals surface area contributed by atoms with Crippen molar-refractivity contribution in [3.05, 3.63) is 33.9 Å². The van der Waals surface area contributed by atoms with Gasteiger partial charge in [-0.25, -0.2) is 0 Å². The topological polar surface area (TPSA) is 57.4 Å². The normalized spacial score (nSPS) is 12.4. The third-order valence-corrected chi connectivity index (χ3v) is 3.91. The van der Waals surface area contributed by atoms with Crippen LogP contribution in [-0.4, -0.2) is 25.1 Å². The second-order valence-electron chi connectivity index (χ2n) is 5.78. The zero-order valence-corrected chi connectivity index (χ0v) is 13.3. The fourth-order valence-electron chi connectivity index (χ4n) is 2.82. The highest BCUT2D eigenvalue weighted by atomic mass is 32.1. The van der Waals surface area contributed by atoms with Gasteiger partial charge in [0.25, 0.3) is 0 Å². The van der Waals surface area contributed by atoms with E-state index in [2.05, 4.69) is 48.1 Å². The van der Waals surface area contributed by atoms with Crippen LogP contribution >= 0.6 is 12.6 Å². The molecule has 0 aliphatic rings. The standard InChI is InChI=1S/C14H22N4S/c1-7-11(8(2)16-15-7)13(14(5,6)19)12-9(3)17-18-10(12)4/h13,19H,1-6H3,(H,15,16)(H,17,18). The summed E-state index contributed by atoms with van der Waals surface area (Å²) >= 11 is 4.83. The van der Waals surface area contributed by atoms with Crippen molar-refractivity contribution in [2.45, 2.75) is 52.2 Å². The summed E-state index contributed by atoms with van der Waals surface area (Å²) in [4.78, 5) is 0. The van der Waals surface area contributed by atoms with Gasteiger partial charge in [-0.05, 0) is 27.7 Å². The lowest BCUT2D eigenvalue weighted by Crippen LogP contribution is -2.26. The molecule has 0 saturated heterocycles. The fraction of sp³-hybridized carbons (Fsp3) is 0.571. The van der Waals surface area contributed by atoms with Crippen LogP contribution in [0.15, 0.2) is 0 Å². The number of H-pyrrole nitrogens is 2. The molecule has 2 N–H and O–H groups in total. The summed E-state index contributed by atoms with van der Waals surface area (Å²) < 4.78 is -0.196. The van der Waals surface area contributed by atoms with E-state index in [-0.39, 0.29) is 10.7 Å². The highest BCUT2D eigenvalue weighted by Crippen LogP contribution is 2.42. The Hall–Kier alpha value is -1.23. The highest BCUT2D eigenvalue weighted by Gasteiger charge is 2.35. The average molecular weight is 278 g/mol. The van der Waals surface area contributed by atoms with Crippen LogP contribution < -0.4 is 0 Å². The van der Waals surface area contributed by atoms with Crippen LogP contribution in [0.4, 0.5) is 0 Å². The van der Waals surface area contributed by atoms with E-state index >= 15 is 0 Å². The maximum Gasteiger partial charge on any atom is 0.0632 e. The van der Waals surface area contributed by atoms with E-state index in [1.54, 1.807) is 0 Å². The SMILES string of the molecule is Cc1n[nH]c(C)c1C(c1c(C)n[nH]c1C)C(C)(C)S. The number of hydrogen-bond acceptors (Lipinski definition) is 3. The van der Waals surface area contributed by atoms with Gasteiger partial charge in [-0.15, -0.1) is 0 Å². The van der Waals surface area contributed by atoms with Gasteiger partial charge >= 0.3 is 0 Å². The minimum absolute atomic E-state index is 0.160. The first-order chi connectivity index (χ1) is 8.73. The minimum atomic E-state index is -0.196. The van der Waals surface area contributed by atoms with Crippen LogP contribution in [0, 0.1) is 27.7 Å². The van der Waals surface area contributed by atoms with Gasteiger partial charge in [0.15, 0.2) is 0 Å². The van der Waals surface area contributed by atoms with E-state index in [4.69, 9.17) is 12.6 Å². The highest BCUT2D eigenvalue weighted by molar-refractivity contribution is 7.81. The summed E-state index contributed by atoms with van der Waals surface area (Å²) in [6, 6.07) is 0. The van der Waals surface area contributed by atoms with Crippen LogP contribution in [0.3, 0.4) is 0 Å². The second-order valence-corrected chi connectivity index (χ2v) is 6.93. The molecule has 19 heavy (non-hydrogen) atoms. The lowest BCUT2D eigenvalue weighted by Gasteiger charge is -2.31. The molecule has 2 aromatic rings. The number of aromatic amines is 2. The summed E-state index contributed by atoms with van der Waals surface area (Å²) in [5, 5.41) is 14.8. The zero-order chi connectivity index (χ0) is 14.4. The number of nitrogens with zero attached hydrogens (tertiary/aromatic N) is 2. The number of aryl methyl sites for hydroxylation is 4. The number of thiol groups is 1. The lowest BCUT2D eigenvalue weighted by atomic mass is 9.80. The molecule has 104 valence electrons. The van der Waals surface area contributed by atoms with E-state index in [0.717, 1.165) is 22.8 Å². The van der Waals surface area contributed by atoms with E-state index < -0.39 is 0 Å². The summed E-state index contributed by atoms with van der Waals surface area (Å²) in [5.74, 6) is 0.160. The molecule has 0 bridgehead atoms. The summed E-state index contributed by atoms with van der Waals surface area (Å²) in [6.07, 6.45) is 0. The first-order valence-corrected chi connectivity index (χ1v) is 6.93. The first kappa shape index (κ1) is 14.2. The van der Waals surface area contributed by atoms with Crippen LogP contribution in [0.2, 0.25) is 0 Å². The quantitative estimate of drug-likeness (QED) is 0.755. The Labute approximate surface area is 119 Å². The maximum atomic E-state index is 4.83. The molecule has 5 heteroatoms. The molecule has 0 aliphatic carbocycles. The Bertz CT molecular complexity index is 504. The predicted octanol–water partition coefficient (Wildman–Crippen LogP) is 3.21. The second kappa shape index (κ2) is 4.71. The van der Waals surface area contributed by atoms with E-state index in [9.17, 15) is 0 Å². The number of rotatable bonds is 3. The molecule has 0 aromatic carbocycles. The molecule has 2 heterocycles. The molecule has 0 saturated carbocycles. The molecule has 0 atom stereocenters. The van der Waals surface area contributed by atoms with Gasteiger partial charge in [0, 0.05) is 33.2 Å². The van der Waals surface area contributed by atoms with Crippen molar-refractivity contribution in [1.82, 2.24) is 20.4 Å². The summed E-state index contributed by atoms with van der Waals surface area (Å²) in [6.45, 7) is 12.5. The fourth-order valence-corrected chi connectivity index (χ4v) is 3.08.